The minimum absolute atomic E-state index is 0.270. The first-order chi connectivity index (χ1) is 8.58. The van der Waals surface area contributed by atoms with Gasteiger partial charge in [-0.05, 0) is 45.7 Å². The summed E-state index contributed by atoms with van der Waals surface area (Å²) in [6, 6.07) is 0. The maximum Gasteiger partial charge on any atom is 0.325 e. The molecule has 1 aliphatic carbocycles. The van der Waals surface area contributed by atoms with Crippen LogP contribution in [0.4, 0.5) is 0 Å². The van der Waals surface area contributed by atoms with Gasteiger partial charge in [0, 0.05) is 19.7 Å². The topological polar surface area (TPSA) is 61.8 Å². The number of hydrogen-bond donors (Lipinski definition) is 2. The number of carboxylic acids is 1. The summed E-state index contributed by atoms with van der Waals surface area (Å²) in [7, 11) is 3.74. The maximum absolute atomic E-state index is 11.6. The molecule has 2 fully saturated rings. The highest BCUT2D eigenvalue weighted by Crippen LogP contribution is 2.40. The van der Waals surface area contributed by atoms with Gasteiger partial charge in [-0.15, -0.1) is 0 Å². The lowest BCUT2D eigenvalue weighted by Gasteiger charge is -2.34. The van der Waals surface area contributed by atoms with Crippen molar-refractivity contribution in [1.82, 2.24) is 10.2 Å². The third kappa shape index (κ3) is 2.84. The highest BCUT2D eigenvalue weighted by Gasteiger charge is 2.50. The molecule has 18 heavy (non-hydrogen) atoms. The molecule has 0 spiro atoms. The molecule has 1 heterocycles. The van der Waals surface area contributed by atoms with E-state index in [2.05, 4.69) is 10.2 Å². The molecule has 1 saturated heterocycles. The summed E-state index contributed by atoms with van der Waals surface area (Å²) in [6.45, 7) is 2.21. The van der Waals surface area contributed by atoms with Crippen molar-refractivity contribution < 1.29 is 14.6 Å². The van der Waals surface area contributed by atoms with Crippen LogP contribution in [0.1, 0.15) is 25.7 Å². The summed E-state index contributed by atoms with van der Waals surface area (Å²) in [5.74, 6) is -0.460. The van der Waals surface area contributed by atoms with Gasteiger partial charge in [0.2, 0.25) is 0 Å². The number of carbonyl (C=O) groups is 1. The zero-order valence-electron chi connectivity index (χ0n) is 11.3. The third-order valence-corrected chi connectivity index (χ3v) is 4.16. The van der Waals surface area contributed by atoms with Gasteiger partial charge in [-0.2, -0.15) is 0 Å². The second kappa shape index (κ2) is 5.55. The van der Waals surface area contributed by atoms with Gasteiger partial charge in [0.15, 0.2) is 0 Å². The summed E-state index contributed by atoms with van der Waals surface area (Å²) in [4.78, 5) is 13.7. The van der Waals surface area contributed by atoms with E-state index >= 15 is 0 Å². The Hall–Kier alpha value is -0.650. The highest BCUT2D eigenvalue weighted by molar-refractivity contribution is 5.80. The van der Waals surface area contributed by atoms with Crippen LogP contribution in [-0.4, -0.2) is 61.4 Å². The van der Waals surface area contributed by atoms with Gasteiger partial charge in [0.25, 0.3) is 0 Å². The molecular formula is C13H24N2O3. The molecule has 1 saturated carbocycles. The van der Waals surface area contributed by atoms with Crippen LogP contribution in [0.2, 0.25) is 0 Å². The molecule has 5 nitrogen and oxygen atoms in total. The van der Waals surface area contributed by atoms with Gasteiger partial charge >= 0.3 is 5.97 Å². The van der Waals surface area contributed by atoms with Crippen LogP contribution >= 0.6 is 0 Å². The summed E-state index contributed by atoms with van der Waals surface area (Å²) in [6.07, 6.45) is 4.52. The molecular weight excluding hydrogens is 232 g/mol. The van der Waals surface area contributed by atoms with E-state index in [4.69, 9.17) is 4.74 Å². The number of hydrogen-bond acceptors (Lipinski definition) is 4. The van der Waals surface area contributed by atoms with E-state index in [0.29, 0.717) is 6.54 Å². The molecule has 2 N–H and O–H groups in total. The Balaban J connectivity index is 1.93. The van der Waals surface area contributed by atoms with Crippen molar-refractivity contribution in [3.8, 4) is 0 Å². The predicted molar refractivity (Wildman–Crippen MR) is 68.6 cm³/mol. The summed E-state index contributed by atoms with van der Waals surface area (Å²) in [5, 5.41) is 12.6. The largest absolute Gasteiger partial charge is 0.480 e. The van der Waals surface area contributed by atoms with Gasteiger partial charge in [-0.25, -0.2) is 0 Å². The van der Waals surface area contributed by atoms with E-state index in [9.17, 15) is 9.90 Å². The quantitative estimate of drug-likeness (QED) is 0.696. The first-order valence-corrected chi connectivity index (χ1v) is 6.81. The Morgan fingerprint density at radius 1 is 1.50 bits per heavy atom. The zero-order valence-corrected chi connectivity index (χ0v) is 11.3. The van der Waals surface area contributed by atoms with Crippen LogP contribution < -0.4 is 5.32 Å². The monoisotopic (exact) mass is 256 g/mol. The Morgan fingerprint density at radius 3 is 2.67 bits per heavy atom. The molecule has 1 aliphatic heterocycles. The van der Waals surface area contributed by atoms with Crippen molar-refractivity contribution in [3.63, 3.8) is 0 Å². The molecule has 5 heteroatoms. The number of ether oxygens (including phenoxy) is 1. The Labute approximate surface area is 108 Å². The van der Waals surface area contributed by atoms with Gasteiger partial charge in [-0.1, -0.05) is 0 Å². The fourth-order valence-corrected chi connectivity index (χ4v) is 2.96. The lowest BCUT2D eigenvalue weighted by molar-refractivity contribution is -0.146. The van der Waals surface area contributed by atoms with E-state index in [0.717, 1.165) is 38.8 Å². The van der Waals surface area contributed by atoms with Crippen LogP contribution in [0.5, 0.6) is 0 Å². The first kappa shape index (κ1) is 13.8. The van der Waals surface area contributed by atoms with Crippen LogP contribution in [0.3, 0.4) is 0 Å². The Bertz CT molecular complexity index is 301. The number of carboxylic acid groups (broad SMARTS) is 1. The first-order valence-electron chi connectivity index (χ1n) is 6.81. The molecule has 104 valence electrons. The second-order valence-corrected chi connectivity index (χ2v) is 5.63. The molecule has 0 amide bonds. The van der Waals surface area contributed by atoms with Crippen LogP contribution in [0.15, 0.2) is 0 Å². The van der Waals surface area contributed by atoms with Gasteiger partial charge in [-0.3, -0.25) is 4.79 Å². The molecule has 0 radical (unpaired) electrons. The fraction of sp³-hybridized carbons (Fsp3) is 0.923. The van der Waals surface area contributed by atoms with Crippen LogP contribution in [-0.2, 0) is 9.53 Å². The van der Waals surface area contributed by atoms with Gasteiger partial charge in [0.1, 0.15) is 5.54 Å². The Kier molecular flexibility index (Phi) is 4.25. The molecule has 2 atom stereocenters. The van der Waals surface area contributed by atoms with E-state index in [1.807, 2.05) is 7.05 Å². The number of nitrogens with zero attached hydrogens (tertiary/aromatic N) is 1. The summed E-state index contributed by atoms with van der Waals surface area (Å²) in [5.41, 5.74) is -0.784. The molecule has 0 bridgehead atoms. The predicted octanol–water partition coefficient (Wildman–Crippen LogP) is 0.550. The number of likely N-dealkylation sites (N-methyl/N-ethyl adjacent to an activating group) is 2. The lowest BCUT2D eigenvalue weighted by Crippen LogP contribution is -2.59. The molecule has 0 aromatic carbocycles. The van der Waals surface area contributed by atoms with Gasteiger partial charge in [0.05, 0.1) is 6.10 Å². The minimum Gasteiger partial charge on any atom is -0.480 e. The van der Waals surface area contributed by atoms with E-state index in [-0.39, 0.29) is 12.0 Å². The molecule has 2 aliphatic rings. The lowest BCUT2D eigenvalue weighted by atomic mass is 9.92. The van der Waals surface area contributed by atoms with E-state index in [1.54, 1.807) is 7.05 Å². The van der Waals surface area contributed by atoms with Crippen molar-refractivity contribution in [2.45, 2.75) is 37.3 Å². The van der Waals surface area contributed by atoms with Crippen molar-refractivity contribution in [1.29, 1.82) is 0 Å². The molecule has 2 rings (SSSR count). The summed E-state index contributed by atoms with van der Waals surface area (Å²) < 4.78 is 5.60. The molecule has 0 aromatic rings. The van der Waals surface area contributed by atoms with Crippen molar-refractivity contribution in [2.24, 2.45) is 5.92 Å². The molecule has 0 aromatic heterocycles. The van der Waals surface area contributed by atoms with Crippen LogP contribution in [0.25, 0.3) is 0 Å². The van der Waals surface area contributed by atoms with Gasteiger partial charge < -0.3 is 20.1 Å². The zero-order chi connectivity index (χ0) is 13.2. The number of rotatable bonds is 7. The average Bonchev–Trinajstić information content (AvgIpc) is 3.06. The SMILES string of the molecule is CNC(CN(C)CC1CCCO1)(C(=O)O)C1CC1. The fourth-order valence-electron chi connectivity index (χ4n) is 2.96. The second-order valence-electron chi connectivity index (χ2n) is 5.63. The summed E-state index contributed by atoms with van der Waals surface area (Å²) >= 11 is 0. The number of aliphatic carboxylic acids is 1. The Morgan fingerprint density at radius 2 is 2.22 bits per heavy atom. The number of nitrogens with one attached hydrogen (secondary N) is 1. The normalized spacial score (nSPS) is 27.4. The highest BCUT2D eigenvalue weighted by atomic mass is 16.5. The third-order valence-electron chi connectivity index (χ3n) is 4.16. The molecule has 2 unspecified atom stereocenters. The standard InChI is InChI=1S/C13H24N2O3/c1-14-13(12(16)17,10-5-6-10)9-15(2)8-11-4-3-7-18-11/h10-11,14H,3-9H2,1-2H3,(H,16,17). The van der Waals surface area contributed by atoms with Crippen molar-refractivity contribution >= 4 is 5.97 Å². The maximum atomic E-state index is 11.6. The smallest absolute Gasteiger partial charge is 0.325 e. The van der Waals surface area contributed by atoms with E-state index < -0.39 is 11.5 Å². The van der Waals surface area contributed by atoms with E-state index in [1.165, 1.54) is 0 Å². The minimum atomic E-state index is -0.784. The van der Waals surface area contributed by atoms with Crippen molar-refractivity contribution in [3.05, 3.63) is 0 Å². The van der Waals surface area contributed by atoms with Crippen molar-refractivity contribution in [2.75, 3.05) is 33.8 Å². The van der Waals surface area contributed by atoms with Crippen LogP contribution in [0, 0.1) is 5.92 Å². The average molecular weight is 256 g/mol.